The lowest BCUT2D eigenvalue weighted by Crippen LogP contribution is -2.31. The van der Waals surface area contributed by atoms with Crippen LogP contribution in [-0.4, -0.2) is 47.6 Å². The van der Waals surface area contributed by atoms with Gasteiger partial charge < -0.3 is 15.7 Å². The summed E-state index contributed by atoms with van der Waals surface area (Å²) in [4.78, 5) is 21.8. The van der Waals surface area contributed by atoms with Gasteiger partial charge in [-0.05, 0) is 38.8 Å². The molecule has 6 heteroatoms. The number of unbranched alkanes of at least 4 members (excludes halogenated alkanes) is 1. The maximum absolute atomic E-state index is 11.5. The third-order valence-electron chi connectivity index (χ3n) is 2.88. The Morgan fingerprint density at radius 3 is 2.67 bits per heavy atom. The number of nitrogens with one attached hydrogen (secondary N) is 2. The number of carboxylic acids is 1. The van der Waals surface area contributed by atoms with Gasteiger partial charge in [0, 0.05) is 18.2 Å². The van der Waals surface area contributed by atoms with Crippen LogP contribution in [0.4, 0.5) is 0 Å². The summed E-state index contributed by atoms with van der Waals surface area (Å²) in [7, 11) is 0. The van der Waals surface area contributed by atoms with Crippen molar-refractivity contribution < 1.29 is 14.7 Å². The monoisotopic (exact) mass is 274 g/mol. The van der Waals surface area contributed by atoms with E-state index in [2.05, 4.69) is 10.6 Å². The van der Waals surface area contributed by atoms with E-state index in [-0.39, 0.29) is 12.3 Å². The lowest BCUT2D eigenvalue weighted by atomic mass is 10.2. The van der Waals surface area contributed by atoms with Gasteiger partial charge in [0.05, 0.1) is 5.75 Å². The molecule has 0 aromatic rings. The van der Waals surface area contributed by atoms with E-state index in [0.29, 0.717) is 24.0 Å². The summed E-state index contributed by atoms with van der Waals surface area (Å²) in [5, 5.41) is 15.2. The Labute approximate surface area is 112 Å². The molecule has 1 fully saturated rings. The van der Waals surface area contributed by atoms with E-state index >= 15 is 0 Å². The Balaban J connectivity index is 1.94. The van der Waals surface area contributed by atoms with Crippen LogP contribution in [0.25, 0.3) is 0 Å². The normalized spacial score (nSPS) is 16.4. The van der Waals surface area contributed by atoms with Crippen molar-refractivity contribution in [1.29, 1.82) is 0 Å². The quantitative estimate of drug-likeness (QED) is 0.572. The number of amides is 1. The number of rotatable bonds is 8. The zero-order valence-corrected chi connectivity index (χ0v) is 11.4. The summed E-state index contributed by atoms with van der Waals surface area (Å²) < 4.78 is 0. The second kappa shape index (κ2) is 9.22. The molecule has 18 heavy (non-hydrogen) atoms. The molecule has 0 aromatic heterocycles. The Kier molecular flexibility index (Phi) is 7.84. The average Bonchev–Trinajstić information content (AvgIpc) is 2.37. The third-order valence-corrected chi connectivity index (χ3v) is 4.25. The number of aliphatic carboxylic acids is 1. The molecular formula is C12H22N2O3S. The van der Waals surface area contributed by atoms with Crippen molar-refractivity contribution in [3.05, 3.63) is 0 Å². The van der Waals surface area contributed by atoms with E-state index < -0.39 is 5.97 Å². The molecule has 0 radical (unpaired) electrons. The molecule has 1 aliphatic heterocycles. The van der Waals surface area contributed by atoms with Crippen molar-refractivity contribution in [2.24, 2.45) is 0 Å². The second-order valence-corrected chi connectivity index (χ2v) is 5.75. The van der Waals surface area contributed by atoms with E-state index in [1.165, 1.54) is 0 Å². The van der Waals surface area contributed by atoms with E-state index in [1.54, 1.807) is 11.8 Å². The molecular weight excluding hydrogens is 252 g/mol. The van der Waals surface area contributed by atoms with Crippen LogP contribution in [0.5, 0.6) is 0 Å². The third kappa shape index (κ3) is 7.55. The van der Waals surface area contributed by atoms with Crippen molar-refractivity contribution in [2.75, 3.05) is 25.4 Å². The van der Waals surface area contributed by atoms with Crippen LogP contribution in [0.2, 0.25) is 0 Å². The fourth-order valence-corrected chi connectivity index (χ4v) is 2.89. The molecule has 1 amide bonds. The molecule has 1 saturated heterocycles. The maximum Gasteiger partial charge on any atom is 0.303 e. The Bertz CT molecular complexity index is 268. The van der Waals surface area contributed by atoms with Crippen LogP contribution in [0, 0.1) is 0 Å². The number of hydrogen-bond donors (Lipinski definition) is 3. The van der Waals surface area contributed by atoms with Crippen LogP contribution in [0.15, 0.2) is 0 Å². The molecule has 0 saturated carbocycles. The average molecular weight is 274 g/mol. The van der Waals surface area contributed by atoms with Crippen LogP contribution in [0.3, 0.4) is 0 Å². The zero-order valence-electron chi connectivity index (χ0n) is 10.6. The van der Waals surface area contributed by atoms with Crippen molar-refractivity contribution in [1.82, 2.24) is 10.6 Å². The van der Waals surface area contributed by atoms with Crippen molar-refractivity contribution >= 4 is 23.6 Å². The highest BCUT2D eigenvalue weighted by molar-refractivity contribution is 8.00. The number of hydrogen-bond acceptors (Lipinski definition) is 4. The van der Waals surface area contributed by atoms with Gasteiger partial charge in [-0.3, -0.25) is 9.59 Å². The predicted octanol–water partition coefficient (Wildman–Crippen LogP) is 0.843. The highest BCUT2D eigenvalue weighted by Crippen LogP contribution is 2.19. The standard InChI is InChI=1S/C12H22N2O3S/c15-11(14-6-2-1-3-12(16)17)9-18-10-4-7-13-8-5-10/h10,13H,1-9H2,(H,14,15)(H,16,17). The van der Waals surface area contributed by atoms with Crippen molar-refractivity contribution in [3.63, 3.8) is 0 Å². The Hall–Kier alpha value is -0.750. The van der Waals surface area contributed by atoms with Gasteiger partial charge in [-0.1, -0.05) is 0 Å². The molecule has 0 aliphatic carbocycles. The van der Waals surface area contributed by atoms with Crippen LogP contribution in [-0.2, 0) is 9.59 Å². The van der Waals surface area contributed by atoms with Gasteiger partial charge in [-0.2, -0.15) is 0 Å². The summed E-state index contributed by atoms with van der Waals surface area (Å²) in [5.74, 6) is -0.194. The first-order valence-electron chi connectivity index (χ1n) is 6.49. The van der Waals surface area contributed by atoms with Crippen LogP contribution >= 0.6 is 11.8 Å². The SMILES string of the molecule is O=C(O)CCCCNC(=O)CSC1CCNCC1. The molecule has 104 valence electrons. The van der Waals surface area contributed by atoms with Gasteiger partial charge in [0.1, 0.15) is 0 Å². The molecule has 0 unspecified atom stereocenters. The van der Waals surface area contributed by atoms with Gasteiger partial charge in [0.25, 0.3) is 0 Å². The molecule has 0 bridgehead atoms. The van der Waals surface area contributed by atoms with E-state index in [9.17, 15) is 9.59 Å². The number of carbonyl (C=O) groups excluding carboxylic acids is 1. The Morgan fingerprint density at radius 2 is 2.00 bits per heavy atom. The van der Waals surface area contributed by atoms with Crippen LogP contribution in [0.1, 0.15) is 32.1 Å². The molecule has 3 N–H and O–H groups in total. The van der Waals surface area contributed by atoms with Crippen LogP contribution < -0.4 is 10.6 Å². The summed E-state index contributed by atoms with van der Waals surface area (Å²) >= 11 is 1.73. The minimum atomic E-state index is -0.775. The topological polar surface area (TPSA) is 78.4 Å². The van der Waals surface area contributed by atoms with E-state index in [1.807, 2.05) is 0 Å². The van der Waals surface area contributed by atoms with Gasteiger partial charge in [0.2, 0.25) is 5.91 Å². The first-order chi connectivity index (χ1) is 8.68. The molecule has 0 spiro atoms. The smallest absolute Gasteiger partial charge is 0.303 e. The lowest BCUT2D eigenvalue weighted by Gasteiger charge is -2.21. The maximum atomic E-state index is 11.5. The summed E-state index contributed by atoms with van der Waals surface area (Å²) in [6, 6.07) is 0. The van der Waals surface area contributed by atoms with E-state index in [0.717, 1.165) is 32.4 Å². The summed E-state index contributed by atoms with van der Waals surface area (Å²) in [6.45, 7) is 2.68. The fourth-order valence-electron chi connectivity index (χ4n) is 1.84. The molecule has 1 aliphatic rings. The first kappa shape index (κ1) is 15.3. The number of carboxylic acid groups (broad SMARTS) is 1. The zero-order chi connectivity index (χ0) is 13.2. The molecule has 1 heterocycles. The fraction of sp³-hybridized carbons (Fsp3) is 0.833. The number of thioether (sulfide) groups is 1. The highest BCUT2D eigenvalue weighted by atomic mass is 32.2. The van der Waals surface area contributed by atoms with Gasteiger partial charge >= 0.3 is 5.97 Å². The summed E-state index contributed by atoms with van der Waals surface area (Å²) in [5.41, 5.74) is 0. The predicted molar refractivity (Wildman–Crippen MR) is 72.8 cm³/mol. The second-order valence-electron chi connectivity index (χ2n) is 4.46. The minimum absolute atomic E-state index is 0.0638. The number of carbonyl (C=O) groups is 2. The van der Waals surface area contributed by atoms with Gasteiger partial charge in [-0.25, -0.2) is 0 Å². The lowest BCUT2D eigenvalue weighted by molar-refractivity contribution is -0.137. The Morgan fingerprint density at radius 1 is 1.28 bits per heavy atom. The van der Waals surface area contributed by atoms with Crippen molar-refractivity contribution in [2.45, 2.75) is 37.4 Å². The van der Waals surface area contributed by atoms with Gasteiger partial charge in [0.15, 0.2) is 0 Å². The number of piperidine rings is 1. The first-order valence-corrected chi connectivity index (χ1v) is 7.54. The van der Waals surface area contributed by atoms with Gasteiger partial charge in [-0.15, -0.1) is 11.8 Å². The molecule has 0 atom stereocenters. The largest absolute Gasteiger partial charge is 0.481 e. The summed E-state index contributed by atoms with van der Waals surface area (Å²) in [6.07, 6.45) is 3.81. The molecule has 1 rings (SSSR count). The van der Waals surface area contributed by atoms with E-state index in [4.69, 9.17) is 5.11 Å². The molecule has 5 nitrogen and oxygen atoms in total. The molecule has 0 aromatic carbocycles. The highest BCUT2D eigenvalue weighted by Gasteiger charge is 2.14. The van der Waals surface area contributed by atoms with Crippen molar-refractivity contribution in [3.8, 4) is 0 Å². The minimum Gasteiger partial charge on any atom is -0.481 e.